The average molecular weight is 243 g/mol. The van der Waals surface area contributed by atoms with Crippen LogP contribution in [0.25, 0.3) is 0 Å². The highest BCUT2D eigenvalue weighted by molar-refractivity contribution is 5.85. The summed E-state index contributed by atoms with van der Waals surface area (Å²) in [6.45, 7) is 1.29. The molecule has 0 aromatic carbocycles. The molecule has 0 spiro atoms. The Labute approximate surface area is 101 Å². The lowest BCUT2D eigenvalue weighted by Gasteiger charge is -2.15. The molecule has 0 heterocycles. The summed E-state index contributed by atoms with van der Waals surface area (Å²) in [7, 11) is 1.68. The molecule has 0 unspecified atom stereocenters. The Morgan fingerprint density at radius 1 is 1.29 bits per heavy atom. The molecule has 1 rings (SSSR count). The lowest BCUT2D eigenvalue weighted by atomic mass is 10.0. The van der Waals surface area contributed by atoms with Crippen LogP contribution in [0.2, 0.25) is 0 Å². The first kappa shape index (κ1) is 13.9. The summed E-state index contributed by atoms with van der Waals surface area (Å²) >= 11 is 0. The first-order valence-corrected chi connectivity index (χ1v) is 5.84. The molecule has 0 atom stereocenters. The molecule has 6 heteroatoms. The van der Waals surface area contributed by atoms with E-state index in [0.717, 1.165) is 25.9 Å². The van der Waals surface area contributed by atoms with Crippen LogP contribution in [-0.2, 0) is 14.3 Å². The van der Waals surface area contributed by atoms with Crippen molar-refractivity contribution >= 4 is 11.8 Å². The second-order valence-electron chi connectivity index (χ2n) is 4.50. The number of amides is 2. The zero-order valence-electron chi connectivity index (χ0n) is 10.3. The van der Waals surface area contributed by atoms with Gasteiger partial charge in [-0.05, 0) is 24.7 Å². The lowest BCUT2D eigenvalue weighted by molar-refractivity contribution is -0.125. The molecule has 98 valence electrons. The number of ether oxygens (including phenoxy) is 1. The number of rotatable bonds is 8. The van der Waals surface area contributed by atoms with Crippen molar-refractivity contribution < 1.29 is 14.3 Å². The Morgan fingerprint density at radius 3 is 2.53 bits per heavy atom. The van der Waals surface area contributed by atoms with Crippen molar-refractivity contribution in [3.8, 4) is 0 Å². The average Bonchev–Trinajstić information content (AvgIpc) is 3.11. The molecular weight excluding hydrogens is 222 g/mol. The van der Waals surface area contributed by atoms with Gasteiger partial charge in [-0.3, -0.25) is 9.59 Å². The molecule has 1 fully saturated rings. The van der Waals surface area contributed by atoms with Crippen LogP contribution in [0, 0.1) is 5.41 Å². The van der Waals surface area contributed by atoms with Gasteiger partial charge < -0.3 is 21.1 Å². The first-order valence-electron chi connectivity index (χ1n) is 5.84. The van der Waals surface area contributed by atoms with E-state index in [9.17, 15) is 9.59 Å². The van der Waals surface area contributed by atoms with Gasteiger partial charge in [0, 0.05) is 20.3 Å². The van der Waals surface area contributed by atoms with E-state index in [-0.39, 0.29) is 30.3 Å². The van der Waals surface area contributed by atoms with Crippen molar-refractivity contribution in [1.29, 1.82) is 0 Å². The monoisotopic (exact) mass is 243 g/mol. The number of hydrogen-bond acceptors (Lipinski definition) is 4. The standard InChI is InChI=1S/C11H21N3O3/c1-17-5-4-11(2-3-11)8-14-10(16)7-13-9(15)6-12/h2-8,12H2,1H3,(H,13,15)(H,14,16). The van der Waals surface area contributed by atoms with Gasteiger partial charge in [-0.2, -0.15) is 0 Å². The van der Waals surface area contributed by atoms with E-state index in [4.69, 9.17) is 10.5 Å². The van der Waals surface area contributed by atoms with Gasteiger partial charge in [0.25, 0.3) is 0 Å². The zero-order chi connectivity index (χ0) is 12.7. The fourth-order valence-electron chi connectivity index (χ4n) is 1.61. The Kier molecular flexibility index (Phi) is 5.37. The van der Waals surface area contributed by atoms with Crippen LogP contribution >= 0.6 is 0 Å². The second-order valence-corrected chi connectivity index (χ2v) is 4.50. The van der Waals surface area contributed by atoms with Crippen molar-refractivity contribution in [2.24, 2.45) is 11.1 Å². The molecule has 4 N–H and O–H groups in total. The summed E-state index contributed by atoms with van der Waals surface area (Å²) in [5.74, 6) is -0.490. The van der Waals surface area contributed by atoms with Gasteiger partial charge in [-0.25, -0.2) is 0 Å². The Bertz CT molecular complexity index is 277. The van der Waals surface area contributed by atoms with E-state index in [1.807, 2.05) is 0 Å². The Hall–Kier alpha value is -1.14. The molecule has 2 amide bonds. The molecule has 1 aliphatic carbocycles. The van der Waals surface area contributed by atoms with Crippen LogP contribution in [0.5, 0.6) is 0 Å². The van der Waals surface area contributed by atoms with Crippen LogP contribution in [0.1, 0.15) is 19.3 Å². The minimum Gasteiger partial charge on any atom is -0.385 e. The van der Waals surface area contributed by atoms with E-state index in [0.29, 0.717) is 6.54 Å². The summed E-state index contributed by atoms with van der Waals surface area (Å²) in [5.41, 5.74) is 5.33. The topological polar surface area (TPSA) is 93.5 Å². The summed E-state index contributed by atoms with van der Waals surface area (Å²) in [4.78, 5) is 22.3. The first-order chi connectivity index (χ1) is 8.12. The van der Waals surface area contributed by atoms with Crippen LogP contribution in [0.15, 0.2) is 0 Å². The fraction of sp³-hybridized carbons (Fsp3) is 0.818. The summed E-state index contributed by atoms with van der Waals surface area (Å²) in [6, 6.07) is 0. The molecule has 17 heavy (non-hydrogen) atoms. The summed E-state index contributed by atoms with van der Waals surface area (Å²) < 4.78 is 5.03. The number of hydrogen-bond donors (Lipinski definition) is 3. The van der Waals surface area contributed by atoms with Crippen LogP contribution in [-0.4, -0.2) is 45.2 Å². The van der Waals surface area contributed by atoms with Gasteiger partial charge in [-0.15, -0.1) is 0 Å². The van der Waals surface area contributed by atoms with E-state index >= 15 is 0 Å². The quantitative estimate of drug-likeness (QED) is 0.509. The highest BCUT2D eigenvalue weighted by atomic mass is 16.5. The molecule has 0 aromatic heterocycles. The van der Waals surface area contributed by atoms with Crippen molar-refractivity contribution in [1.82, 2.24) is 10.6 Å². The molecule has 0 bridgehead atoms. The predicted molar refractivity (Wildman–Crippen MR) is 63.2 cm³/mol. The minimum atomic E-state index is -0.319. The predicted octanol–water partition coefficient (Wildman–Crippen LogP) is -1.01. The molecule has 6 nitrogen and oxygen atoms in total. The maximum atomic E-state index is 11.4. The van der Waals surface area contributed by atoms with Crippen molar-refractivity contribution in [3.63, 3.8) is 0 Å². The lowest BCUT2D eigenvalue weighted by Crippen LogP contribution is -2.41. The fourth-order valence-corrected chi connectivity index (χ4v) is 1.61. The Morgan fingerprint density at radius 2 is 2.00 bits per heavy atom. The molecule has 0 saturated heterocycles. The molecule has 0 radical (unpaired) electrons. The second kappa shape index (κ2) is 6.56. The molecule has 0 aromatic rings. The number of methoxy groups -OCH3 is 1. The molecule has 1 saturated carbocycles. The summed E-state index contributed by atoms with van der Waals surface area (Å²) in [6.07, 6.45) is 3.23. The van der Waals surface area contributed by atoms with Gasteiger partial charge >= 0.3 is 0 Å². The van der Waals surface area contributed by atoms with E-state index < -0.39 is 0 Å². The number of nitrogens with one attached hydrogen (secondary N) is 2. The normalized spacial score (nSPS) is 16.4. The van der Waals surface area contributed by atoms with Gasteiger partial charge in [0.2, 0.25) is 11.8 Å². The third-order valence-corrected chi connectivity index (χ3v) is 3.09. The number of nitrogens with two attached hydrogens (primary N) is 1. The van der Waals surface area contributed by atoms with Crippen LogP contribution in [0.4, 0.5) is 0 Å². The highest BCUT2D eigenvalue weighted by Gasteiger charge is 2.41. The maximum Gasteiger partial charge on any atom is 0.239 e. The minimum absolute atomic E-state index is 0.00358. The summed E-state index contributed by atoms with van der Waals surface area (Å²) in [5, 5.41) is 5.26. The third kappa shape index (κ3) is 5.14. The van der Waals surface area contributed by atoms with Crippen molar-refractivity contribution in [3.05, 3.63) is 0 Å². The van der Waals surface area contributed by atoms with Gasteiger partial charge in [-0.1, -0.05) is 0 Å². The SMILES string of the molecule is COCCC1(CNC(=O)CNC(=O)CN)CC1. The smallest absolute Gasteiger partial charge is 0.239 e. The maximum absolute atomic E-state index is 11.4. The number of carbonyl (C=O) groups excluding carboxylic acids is 2. The van der Waals surface area contributed by atoms with E-state index in [1.165, 1.54) is 0 Å². The largest absolute Gasteiger partial charge is 0.385 e. The van der Waals surface area contributed by atoms with Gasteiger partial charge in [0.1, 0.15) is 0 Å². The van der Waals surface area contributed by atoms with Crippen LogP contribution < -0.4 is 16.4 Å². The number of carbonyl (C=O) groups is 2. The molecular formula is C11H21N3O3. The van der Waals surface area contributed by atoms with Gasteiger partial charge in [0.05, 0.1) is 13.1 Å². The highest BCUT2D eigenvalue weighted by Crippen LogP contribution is 2.48. The van der Waals surface area contributed by atoms with E-state index in [2.05, 4.69) is 10.6 Å². The third-order valence-electron chi connectivity index (χ3n) is 3.09. The van der Waals surface area contributed by atoms with Gasteiger partial charge in [0.15, 0.2) is 0 Å². The molecule has 0 aliphatic heterocycles. The van der Waals surface area contributed by atoms with Crippen molar-refractivity contribution in [2.75, 3.05) is 33.4 Å². The van der Waals surface area contributed by atoms with Crippen molar-refractivity contribution in [2.45, 2.75) is 19.3 Å². The molecule has 1 aliphatic rings. The van der Waals surface area contributed by atoms with E-state index in [1.54, 1.807) is 7.11 Å². The van der Waals surface area contributed by atoms with Crippen LogP contribution in [0.3, 0.4) is 0 Å². The zero-order valence-corrected chi connectivity index (χ0v) is 10.3. The Balaban J connectivity index is 2.13.